The highest BCUT2D eigenvalue weighted by molar-refractivity contribution is 8.01. The first-order valence-corrected chi connectivity index (χ1v) is 10.7. The number of nitrogens with zero attached hydrogens (tertiary/aromatic N) is 1. The zero-order valence-electron chi connectivity index (χ0n) is 13.9. The molecule has 1 atom stereocenters. The maximum atomic E-state index is 13.4. The van der Waals surface area contributed by atoms with E-state index in [0.717, 1.165) is 22.1 Å². The average molecular weight is 370 g/mol. The van der Waals surface area contributed by atoms with Gasteiger partial charge >= 0.3 is 0 Å². The third-order valence-corrected chi connectivity index (χ3v) is 7.86. The summed E-state index contributed by atoms with van der Waals surface area (Å²) < 4.78 is 28.5. The minimum Gasteiger partial charge on any atom is -0.207 e. The summed E-state index contributed by atoms with van der Waals surface area (Å²) in [4.78, 5) is 0.394. The molecule has 0 spiro atoms. The lowest BCUT2D eigenvalue weighted by Gasteiger charge is -2.24. The number of sulfonamides is 1. The standard InChI is InChI=1S/C20H19NO2S2/c1-15-9-11-17(12-10-15)20-21(13-14-24-20)25(22,23)19-8-4-6-16-5-2-3-7-18(16)19/h2-12,20H,13-14H2,1H3/t20-/m1/s1. The van der Waals surface area contributed by atoms with Crippen molar-refractivity contribution in [1.82, 2.24) is 4.31 Å². The van der Waals surface area contributed by atoms with Crippen molar-refractivity contribution < 1.29 is 8.42 Å². The van der Waals surface area contributed by atoms with E-state index in [2.05, 4.69) is 0 Å². The van der Waals surface area contributed by atoms with Crippen LogP contribution in [-0.2, 0) is 10.0 Å². The Balaban J connectivity index is 1.80. The third kappa shape index (κ3) is 2.97. The fourth-order valence-corrected chi connectivity index (χ4v) is 6.70. The van der Waals surface area contributed by atoms with Crippen molar-refractivity contribution in [3.63, 3.8) is 0 Å². The molecular weight excluding hydrogens is 350 g/mol. The third-order valence-electron chi connectivity index (χ3n) is 4.55. The molecule has 25 heavy (non-hydrogen) atoms. The SMILES string of the molecule is Cc1ccc([C@H]2SCCN2S(=O)(=O)c2cccc3ccccc23)cc1. The summed E-state index contributed by atoms with van der Waals surface area (Å²) in [7, 11) is -3.56. The number of aryl methyl sites for hydroxylation is 1. The molecule has 0 aromatic heterocycles. The van der Waals surface area contributed by atoms with Gasteiger partial charge < -0.3 is 0 Å². The second-order valence-corrected chi connectivity index (χ2v) is 9.27. The number of hydrogen-bond donors (Lipinski definition) is 0. The lowest BCUT2D eigenvalue weighted by Crippen LogP contribution is -2.30. The molecule has 1 saturated heterocycles. The Morgan fingerprint density at radius 1 is 0.960 bits per heavy atom. The Bertz CT molecular complexity index is 1010. The number of rotatable bonds is 3. The molecule has 3 nitrogen and oxygen atoms in total. The summed E-state index contributed by atoms with van der Waals surface area (Å²) in [6.07, 6.45) is 0. The summed E-state index contributed by atoms with van der Waals surface area (Å²) in [6.45, 7) is 2.57. The second kappa shape index (κ2) is 6.48. The van der Waals surface area contributed by atoms with Crippen LogP contribution in [0.5, 0.6) is 0 Å². The quantitative estimate of drug-likeness (QED) is 0.678. The van der Waals surface area contributed by atoms with E-state index in [1.807, 2.05) is 67.6 Å². The molecule has 3 aromatic carbocycles. The van der Waals surface area contributed by atoms with Crippen LogP contribution in [0, 0.1) is 6.92 Å². The zero-order valence-corrected chi connectivity index (χ0v) is 15.6. The van der Waals surface area contributed by atoms with Gasteiger partial charge in [0.15, 0.2) is 0 Å². The topological polar surface area (TPSA) is 37.4 Å². The molecule has 0 aliphatic carbocycles. The molecule has 1 aliphatic heterocycles. The minimum atomic E-state index is -3.56. The normalized spacial score (nSPS) is 18.7. The monoisotopic (exact) mass is 369 g/mol. The average Bonchev–Trinajstić information content (AvgIpc) is 3.12. The molecule has 1 aliphatic rings. The summed E-state index contributed by atoms with van der Waals surface area (Å²) >= 11 is 1.68. The summed E-state index contributed by atoms with van der Waals surface area (Å²) in [5.74, 6) is 0.808. The smallest absolute Gasteiger partial charge is 0.207 e. The van der Waals surface area contributed by atoms with Crippen LogP contribution in [0.2, 0.25) is 0 Å². The summed E-state index contributed by atoms with van der Waals surface area (Å²) in [5.41, 5.74) is 2.21. The Kier molecular flexibility index (Phi) is 4.31. The van der Waals surface area contributed by atoms with Crippen LogP contribution < -0.4 is 0 Å². The van der Waals surface area contributed by atoms with Gasteiger partial charge in [-0.05, 0) is 23.9 Å². The van der Waals surface area contributed by atoms with E-state index >= 15 is 0 Å². The first-order chi connectivity index (χ1) is 12.1. The highest BCUT2D eigenvalue weighted by Crippen LogP contribution is 2.42. The van der Waals surface area contributed by atoms with Crippen LogP contribution in [0.15, 0.2) is 71.6 Å². The van der Waals surface area contributed by atoms with E-state index in [1.54, 1.807) is 22.1 Å². The van der Waals surface area contributed by atoms with Crippen LogP contribution >= 0.6 is 11.8 Å². The van der Waals surface area contributed by atoms with Crippen molar-refractivity contribution in [2.75, 3.05) is 12.3 Å². The molecular formula is C20H19NO2S2. The van der Waals surface area contributed by atoms with Gasteiger partial charge in [-0.2, -0.15) is 4.31 Å². The van der Waals surface area contributed by atoms with Crippen molar-refractivity contribution in [3.8, 4) is 0 Å². The lowest BCUT2D eigenvalue weighted by atomic mass is 10.1. The van der Waals surface area contributed by atoms with Gasteiger partial charge in [-0.1, -0.05) is 66.2 Å². The number of hydrogen-bond acceptors (Lipinski definition) is 3. The number of thioether (sulfide) groups is 1. The molecule has 0 radical (unpaired) electrons. The summed E-state index contributed by atoms with van der Waals surface area (Å²) in [5, 5.41) is 1.57. The molecule has 3 aromatic rings. The van der Waals surface area contributed by atoms with Gasteiger partial charge in [0.1, 0.15) is 0 Å². The minimum absolute atomic E-state index is 0.162. The molecule has 1 fully saturated rings. The van der Waals surface area contributed by atoms with E-state index in [1.165, 1.54) is 5.56 Å². The fourth-order valence-electron chi connectivity index (χ4n) is 3.24. The molecule has 1 heterocycles. The van der Waals surface area contributed by atoms with Gasteiger partial charge in [0, 0.05) is 17.7 Å². The van der Waals surface area contributed by atoms with Crippen LogP contribution in [0.4, 0.5) is 0 Å². The Morgan fingerprint density at radius 2 is 1.68 bits per heavy atom. The molecule has 4 rings (SSSR count). The molecule has 5 heteroatoms. The van der Waals surface area contributed by atoms with E-state index in [9.17, 15) is 8.42 Å². The molecule has 128 valence electrons. The van der Waals surface area contributed by atoms with Crippen molar-refractivity contribution in [2.24, 2.45) is 0 Å². The maximum absolute atomic E-state index is 13.4. The molecule has 0 saturated carbocycles. The Labute approximate surface area is 152 Å². The van der Waals surface area contributed by atoms with Gasteiger partial charge in [0.25, 0.3) is 0 Å². The van der Waals surface area contributed by atoms with E-state index in [4.69, 9.17) is 0 Å². The molecule has 0 N–H and O–H groups in total. The van der Waals surface area contributed by atoms with Gasteiger partial charge in [-0.15, -0.1) is 11.8 Å². The van der Waals surface area contributed by atoms with Crippen molar-refractivity contribution in [1.29, 1.82) is 0 Å². The predicted molar refractivity (Wildman–Crippen MR) is 104 cm³/mol. The predicted octanol–water partition coefficient (Wildman–Crippen LogP) is 4.58. The molecule has 0 bridgehead atoms. The lowest BCUT2D eigenvalue weighted by molar-refractivity contribution is 0.435. The second-order valence-electron chi connectivity index (χ2n) is 6.23. The maximum Gasteiger partial charge on any atom is 0.245 e. The Hall–Kier alpha value is -1.82. The largest absolute Gasteiger partial charge is 0.245 e. The van der Waals surface area contributed by atoms with Crippen molar-refractivity contribution in [3.05, 3.63) is 77.9 Å². The van der Waals surface area contributed by atoms with E-state index in [0.29, 0.717) is 11.4 Å². The number of benzene rings is 3. The van der Waals surface area contributed by atoms with E-state index < -0.39 is 10.0 Å². The first-order valence-electron chi connectivity index (χ1n) is 8.25. The summed E-state index contributed by atoms with van der Waals surface area (Å²) in [6, 6.07) is 21.3. The molecule has 0 unspecified atom stereocenters. The van der Waals surface area contributed by atoms with Crippen LogP contribution in [-0.4, -0.2) is 25.0 Å². The zero-order chi connectivity index (χ0) is 17.4. The van der Waals surface area contributed by atoms with Crippen molar-refractivity contribution in [2.45, 2.75) is 17.2 Å². The highest BCUT2D eigenvalue weighted by atomic mass is 32.2. The Morgan fingerprint density at radius 3 is 2.48 bits per heavy atom. The molecule has 0 amide bonds. The van der Waals surface area contributed by atoms with Crippen molar-refractivity contribution >= 4 is 32.6 Å². The van der Waals surface area contributed by atoms with Gasteiger partial charge in [-0.3, -0.25) is 0 Å². The van der Waals surface area contributed by atoms with Crippen LogP contribution in [0.1, 0.15) is 16.5 Å². The van der Waals surface area contributed by atoms with Gasteiger partial charge in [-0.25, -0.2) is 8.42 Å². The van der Waals surface area contributed by atoms with Gasteiger partial charge in [0.2, 0.25) is 10.0 Å². The number of fused-ring (bicyclic) bond motifs is 1. The fraction of sp³-hybridized carbons (Fsp3) is 0.200. The first kappa shape index (κ1) is 16.6. The van der Waals surface area contributed by atoms with Crippen LogP contribution in [0.25, 0.3) is 10.8 Å². The van der Waals surface area contributed by atoms with Gasteiger partial charge in [0.05, 0.1) is 10.3 Å². The van der Waals surface area contributed by atoms with E-state index in [-0.39, 0.29) is 5.37 Å². The van der Waals surface area contributed by atoms with Crippen LogP contribution in [0.3, 0.4) is 0 Å². The highest BCUT2D eigenvalue weighted by Gasteiger charge is 2.37.